The molecular weight excluding hydrogens is 242 g/mol. The van der Waals surface area contributed by atoms with Gasteiger partial charge in [-0.05, 0) is 48.5 Å². The third-order valence-corrected chi connectivity index (χ3v) is 4.44. The predicted molar refractivity (Wildman–Crippen MR) is 76.1 cm³/mol. The Balaban J connectivity index is 1.54. The average molecular weight is 259 g/mol. The first-order chi connectivity index (χ1) is 8.92. The molecule has 0 spiro atoms. The fourth-order valence-corrected chi connectivity index (χ4v) is 3.09. The van der Waals surface area contributed by atoms with E-state index in [4.69, 9.17) is 0 Å². The van der Waals surface area contributed by atoms with E-state index >= 15 is 0 Å². The Labute approximate surface area is 112 Å². The zero-order valence-corrected chi connectivity index (χ0v) is 11.1. The number of aromatic nitrogens is 2. The van der Waals surface area contributed by atoms with E-state index in [9.17, 15) is 0 Å². The highest BCUT2D eigenvalue weighted by atomic mass is 32.2. The van der Waals surface area contributed by atoms with Crippen LogP contribution in [-0.4, -0.2) is 28.6 Å². The van der Waals surface area contributed by atoms with Crippen molar-refractivity contribution < 1.29 is 0 Å². The quantitative estimate of drug-likeness (QED) is 0.893. The van der Waals surface area contributed by atoms with Gasteiger partial charge in [-0.1, -0.05) is 12.1 Å². The van der Waals surface area contributed by atoms with Crippen LogP contribution in [0.3, 0.4) is 0 Å². The van der Waals surface area contributed by atoms with Gasteiger partial charge in [-0.2, -0.15) is 16.9 Å². The summed E-state index contributed by atoms with van der Waals surface area (Å²) in [4.78, 5) is 0. The summed E-state index contributed by atoms with van der Waals surface area (Å²) in [6, 6.07) is 10.6. The van der Waals surface area contributed by atoms with E-state index in [-0.39, 0.29) is 0 Å². The van der Waals surface area contributed by atoms with Crippen LogP contribution < -0.4 is 5.32 Å². The SMILES string of the molecule is c1cnn(-c2ccc(CSCC3CNC3)cc2)c1. The molecule has 0 bridgehead atoms. The molecule has 1 fully saturated rings. The Morgan fingerprint density at radius 3 is 2.72 bits per heavy atom. The van der Waals surface area contributed by atoms with Crippen LogP contribution in [0.4, 0.5) is 0 Å². The Morgan fingerprint density at radius 1 is 1.28 bits per heavy atom. The molecule has 0 unspecified atom stereocenters. The van der Waals surface area contributed by atoms with Gasteiger partial charge in [-0.3, -0.25) is 0 Å². The maximum Gasteiger partial charge on any atom is 0.0645 e. The second-order valence-corrected chi connectivity index (χ2v) is 5.69. The molecule has 4 heteroatoms. The molecule has 1 aliphatic heterocycles. The number of hydrogen-bond donors (Lipinski definition) is 1. The van der Waals surface area contributed by atoms with Gasteiger partial charge in [0.2, 0.25) is 0 Å². The van der Waals surface area contributed by atoms with Crippen molar-refractivity contribution in [1.82, 2.24) is 15.1 Å². The van der Waals surface area contributed by atoms with Crippen LogP contribution in [0.1, 0.15) is 5.56 Å². The lowest BCUT2D eigenvalue weighted by atomic mass is 10.1. The molecule has 1 N–H and O–H groups in total. The van der Waals surface area contributed by atoms with E-state index in [1.165, 1.54) is 24.4 Å². The second-order valence-electron chi connectivity index (χ2n) is 4.66. The summed E-state index contributed by atoms with van der Waals surface area (Å²) in [6.07, 6.45) is 3.77. The van der Waals surface area contributed by atoms with E-state index in [1.54, 1.807) is 6.20 Å². The van der Waals surface area contributed by atoms with Crippen molar-refractivity contribution in [3.63, 3.8) is 0 Å². The molecule has 0 amide bonds. The van der Waals surface area contributed by atoms with Crippen molar-refractivity contribution in [3.8, 4) is 5.69 Å². The van der Waals surface area contributed by atoms with Crippen molar-refractivity contribution in [1.29, 1.82) is 0 Å². The highest BCUT2D eigenvalue weighted by Crippen LogP contribution is 2.18. The van der Waals surface area contributed by atoms with Crippen LogP contribution in [0.15, 0.2) is 42.7 Å². The Bertz CT molecular complexity index is 474. The molecule has 0 aliphatic carbocycles. The number of benzene rings is 1. The van der Waals surface area contributed by atoms with E-state index in [0.717, 1.165) is 17.4 Å². The fraction of sp³-hybridized carbons (Fsp3) is 0.357. The summed E-state index contributed by atoms with van der Waals surface area (Å²) < 4.78 is 1.89. The highest BCUT2D eigenvalue weighted by molar-refractivity contribution is 7.98. The number of hydrogen-bond acceptors (Lipinski definition) is 3. The zero-order valence-electron chi connectivity index (χ0n) is 10.2. The van der Waals surface area contributed by atoms with Gasteiger partial charge < -0.3 is 5.32 Å². The molecule has 1 saturated heterocycles. The molecule has 2 aromatic rings. The molecule has 3 rings (SSSR count). The van der Waals surface area contributed by atoms with Crippen molar-refractivity contribution in [3.05, 3.63) is 48.3 Å². The van der Waals surface area contributed by atoms with E-state index in [2.05, 4.69) is 34.7 Å². The molecule has 94 valence electrons. The summed E-state index contributed by atoms with van der Waals surface area (Å²) in [6.45, 7) is 2.40. The van der Waals surface area contributed by atoms with Crippen LogP contribution in [0.2, 0.25) is 0 Å². The van der Waals surface area contributed by atoms with Crippen LogP contribution in [0, 0.1) is 5.92 Å². The lowest BCUT2D eigenvalue weighted by molar-refractivity contribution is 0.385. The van der Waals surface area contributed by atoms with Crippen LogP contribution in [-0.2, 0) is 5.75 Å². The standard InChI is InChI=1S/C14H17N3S/c1-6-16-17(7-1)14-4-2-12(3-5-14)10-18-11-13-8-15-9-13/h1-7,13,15H,8-11H2. The largest absolute Gasteiger partial charge is 0.316 e. The summed E-state index contributed by atoms with van der Waals surface area (Å²) in [5, 5.41) is 7.53. The molecular formula is C14H17N3S. The van der Waals surface area contributed by atoms with Gasteiger partial charge in [0.25, 0.3) is 0 Å². The summed E-state index contributed by atoms with van der Waals surface area (Å²) in [7, 11) is 0. The predicted octanol–water partition coefficient (Wildman–Crippen LogP) is 2.32. The minimum absolute atomic E-state index is 0.887. The smallest absolute Gasteiger partial charge is 0.0645 e. The Morgan fingerprint density at radius 2 is 2.11 bits per heavy atom. The number of nitrogens with zero attached hydrogens (tertiary/aromatic N) is 2. The summed E-state index contributed by atoms with van der Waals surface area (Å²) >= 11 is 2.03. The van der Waals surface area contributed by atoms with Crippen molar-refractivity contribution in [2.75, 3.05) is 18.8 Å². The number of nitrogens with one attached hydrogen (secondary N) is 1. The topological polar surface area (TPSA) is 29.9 Å². The van der Waals surface area contributed by atoms with Crippen LogP contribution in [0.5, 0.6) is 0 Å². The lowest BCUT2D eigenvalue weighted by Gasteiger charge is -2.26. The Hall–Kier alpha value is -1.26. The van der Waals surface area contributed by atoms with E-state index in [1.807, 2.05) is 28.7 Å². The average Bonchev–Trinajstić information content (AvgIpc) is 2.87. The second kappa shape index (κ2) is 5.59. The third-order valence-electron chi connectivity index (χ3n) is 3.19. The van der Waals surface area contributed by atoms with Crippen molar-refractivity contribution in [2.24, 2.45) is 5.92 Å². The van der Waals surface area contributed by atoms with Gasteiger partial charge in [0, 0.05) is 18.1 Å². The first-order valence-electron chi connectivity index (χ1n) is 6.29. The molecule has 1 aromatic heterocycles. The maximum absolute atomic E-state index is 4.22. The zero-order chi connectivity index (χ0) is 12.2. The Kier molecular flexibility index (Phi) is 3.67. The van der Waals surface area contributed by atoms with Gasteiger partial charge in [-0.15, -0.1) is 0 Å². The molecule has 2 heterocycles. The molecule has 1 aromatic carbocycles. The first-order valence-corrected chi connectivity index (χ1v) is 7.45. The minimum atomic E-state index is 0.887. The van der Waals surface area contributed by atoms with E-state index < -0.39 is 0 Å². The lowest BCUT2D eigenvalue weighted by Crippen LogP contribution is -2.43. The molecule has 3 nitrogen and oxygen atoms in total. The van der Waals surface area contributed by atoms with Crippen LogP contribution >= 0.6 is 11.8 Å². The number of thioether (sulfide) groups is 1. The molecule has 0 atom stereocenters. The van der Waals surface area contributed by atoms with Gasteiger partial charge in [0.05, 0.1) is 5.69 Å². The highest BCUT2D eigenvalue weighted by Gasteiger charge is 2.15. The monoisotopic (exact) mass is 259 g/mol. The third kappa shape index (κ3) is 2.76. The minimum Gasteiger partial charge on any atom is -0.316 e. The van der Waals surface area contributed by atoms with E-state index in [0.29, 0.717) is 0 Å². The molecule has 0 saturated carbocycles. The van der Waals surface area contributed by atoms with Crippen molar-refractivity contribution >= 4 is 11.8 Å². The van der Waals surface area contributed by atoms with Gasteiger partial charge in [-0.25, -0.2) is 4.68 Å². The van der Waals surface area contributed by atoms with Crippen LogP contribution in [0.25, 0.3) is 5.69 Å². The fourth-order valence-electron chi connectivity index (χ4n) is 1.98. The van der Waals surface area contributed by atoms with Gasteiger partial charge >= 0.3 is 0 Å². The summed E-state index contributed by atoms with van der Waals surface area (Å²) in [5.41, 5.74) is 2.51. The maximum atomic E-state index is 4.22. The molecule has 1 aliphatic rings. The molecule has 18 heavy (non-hydrogen) atoms. The molecule has 0 radical (unpaired) electrons. The van der Waals surface area contributed by atoms with Crippen molar-refractivity contribution in [2.45, 2.75) is 5.75 Å². The van der Waals surface area contributed by atoms with Gasteiger partial charge in [0.1, 0.15) is 0 Å². The van der Waals surface area contributed by atoms with Gasteiger partial charge in [0.15, 0.2) is 0 Å². The first kappa shape index (κ1) is 11.8. The normalized spacial score (nSPS) is 15.6. The summed E-state index contributed by atoms with van der Waals surface area (Å²) in [5.74, 6) is 3.27. The number of rotatable bonds is 5.